The Hall–Kier alpha value is -0.500. The zero-order chi connectivity index (χ0) is 7.68. The van der Waals surface area contributed by atoms with Gasteiger partial charge in [0.1, 0.15) is 5.75 Å². The van der Waals surface area contributed by atoms with Crippen molar-refractivity contribution in [2.75, 3.05) is 11.9 Å². The number of halogens is 1. The van der Waals surface area contributed by atoms with Crippen LogP contribution in [0.5, 0.6) is 5.75 Å². The van der Waals surface area contributed by atoms with E-state index in [4.69, 9.17) is 4.74 Å². The monoisotopic (exact) mass is 212 g/mol. The molecule has 1 unspecified atom stereocenters. The van der Waals surface area contributed by atoms with Crippen molar-refractivity contribution in [2.45, 2.75) is 5.92 Å². The Balaban J connectivity index is 2.39. The minimum atomic E-state index is 0.547. The summed E-state index contributed by atoms with van der Waals surface area (Å²) in [4.78, 5) is 0. The molecular formula is C9H9BrO. The van der Waals surface area contributed by atoms with E-state index in [2.05, 4.69) is 28.1 Å². The number of para-hydroxylation sites is 1. The van der Waals surface area contributed by atoms with E-state index in [-0.39, 0.29) is 0 Å². The summed E-state index contributed by atoms with van der Waals surface area (Å²) in [5.74, 6) is 1.60. The smallest absolute Gasteiger partial charge is 0.122 e. The molecule has 1 aliphatic rings. The molecule has 0 fully saturated rings. The maximum absolute atomic E-state index is 5.47. The van der Waals surface area contributed by atoms with Gasteiger partial charge in [-0.25, -0.2) is 0 Å². The van der Waals surface area contributed by atoms with Crippen molar-refractivity contribution in [1.82, 2.24) is 0 Å². The number of hydrogen-bond donors (Lipinski definition) is 0. The van der Waals surface area contributed by atoms with Gasteiger partial charge in [-0.3, -0.25) is 0 Å². The van der Waals surface area contributed by atoms with E-state index in [0.717, 1.165) is 17.7 Å². The molecular weight excluding hydrogens is 204 g/mol. The van der Waals surface area contributed by atoms with Crippen LogP contribution in [0.25, 0.3) is 0 Å². The van der Waals surface area contributed by atoms with Gasteiger partial charge >= 0.3 is 0 Å². The van der Waals surface area contributed by atoms with Gasteiger partial charge in [0.15, 0.2) is 0 Å². The predicted octanol–water partition coefficient (Wildman–Crippen LogP) is 2.56. The fourth-order valence-electron chi connectivity index (χ4n) is 1.36. The number of benzene rings is 1. The third-order valence-corrected chi connectivity index (χ3v) is 2.77. The number of rotatable bonds is 1. The van der Waals surface area contributed by atoms with Crippen LogP contribution in [0.4, 0.5) is 0 Å². The molecule has 0 aliphatic carbocycles. The van der Waals surface area contributed by atoms with Crippen LogP contribution in [-0.4, -0.2) is 11.9 Å². The Bertz CT molecular complexity index is 259. The molecule has 1 aromatic carbocycles. The fraction of sp³-hybridized carbons (Fsp3) is 0.333. The van der Waals surface area contributed by atoms with E-state index in [1.165, 1.54) is 5.56 Å². The average Bonchev–Trinajstić information content (AvgIpc) is 2.47. The summed E-state index contributed by atoms with van der Waals surface area (Å²) < 4.78 is 5.47. The molecule has 1 nitrogen and oxygen atoms in total. The van der Waals surface area contributed by atoms with Gasteiger partial charge in [0.2, 0.25) is 0 Å². The van der Waals surface area contributed by atoms with Gasteiger partial charge in [0.25, 0.3) is 0 Å². The first-order valence-corrected chi connectivity index (χ1v) is 4.81. The van der Waals surface area contributed by atoms with Crippen molar-refractivity contribution in [1.29, 1.82) is 0 Å². The Morgan fingerprint density at radius 1 is 1.45 bits per heavy atom. The second-order valence-electron chi connectivity index (χ2n) is 2.70. The van der Waals surface area contributed by atoms with Crippen LogP contribution >= 0.6 is 15.9 Å². The highest BCUT2D eigenvalue weighted by Gasteiger charge is 2.21. The van der Waals surface area contributed by atoms with Crippen molar-refractivity contribution < 1.29 is 4.74 Å². The molecule has 0 bridgehead atoms. The molecule has 2 rings (SSSR count). The fourth-order valence-corrected chi connectivity index (χ4v) is 1.89. The van der Waals surface area contributed by atoms with Crippen LogP contribution in [-0.2, 0) is 0 Å². The molecule has 11 heavy (non-hydrogen) atoms. The first kappa shape index (κ1) is 7.17. The Morgan fingerprint density at radius 2 is 2.27 bits per heavy atom. The maximum atomic E-state index is 5.47. The molecule has 0 radical (unpaired) electrons. The molecule has 1 aliphatic heterocycles. The molecule has 2 heteroatoms. The summed E-state index contributed by atoms with van der Waals surface area (Å²) in [7, 11) is 0. The summed E-state index contributed by atoms with van der Waals surface area (Å²) in [6.07, 6.45) is 0. The second kappa shape index (κ2) is 2.86. The minimum Gasteiger partial charge on any atom is -0.493 e. The molecule has 1 atom stereocenters. The number of fused-ring (bicyclic) bond motifs is 1. The Labute approximate surface area is 74.5 Å². The van der Waals surface area contributed by atoms with E-state index in [1.54, 1.807) is 0 Å². The van der Waals surface area contributed by atoms with Gasteiger partial charge in [-0.15, -0.1) is 0 Å². The van der Waals surface area contributed by atoms with Gasteiger partial charge < -0.3 is 4.74 Å². The zero-order valence-electron chi connectivity index (χ0n) is 6.09. The van der Waals surface area contributed by atoms with E-state index in [0.29, 0.717) is 5.92 Å². The van der Waals surface area contributed by atoms with Crippen molar-refractivity contribution >= 4 is 15.9 Å². The third-order valence-electron chi connectivity index (χ3n) is 1.99. The highest BCUT2D eigenvalue weighted by molar-refractivity contribution is 9.09. The summed E-state index contributed by atoms with van der Waals surface area (Å²) in [5.41, 5.74) is 1.34. The minimum absolute atomic E-state index is 0.547. The van der Waals surface area contributed by atoms with Crippen molar-refractivity contribution in [3.63, 3.8) is 0 Å². The number of hydrogen-bond acceptors (Lipinski definition) is 1. The lowest BCUT2D eigenvalue weighted by molar-refractivity contribution is 0.339. The largest absolute Gasteiger partial charge is 0.493 e. The summed E-state index contributed by atoms with van der Waals surface area (Å²) in [6.45, 7) is 0.824. The standard InChI is InChI=1S/C9H9BrO/c10-5-7-6-11-9-4-2-1-3-8(7)9/h1-4,7H,5-6H2. The molecule has 0 aromatic heterocycles. The lowest BCUT2D eigenvalue weighted by atomic mass is 10.0. The van der Waals surface area contributed by atoms with Gasteiger partial charge in [-0.2, -0.15) is 0 Å². The van der Waals surface area contributed by atoms with Crippen molar-refractivity contribution in [3.05, 3.63) is 29.8 Å². The lowest BCUT2D eigenvalue weighted by Crippen LogP contribution is -2.00. The number of ether oxygens (including phenoxy) is 1. The highest BCUT2D eigenvalue weighted by Crippen LogP contribution is 2.34. The summed E-state index contributed by atoms with van der Waals surface area (Å²) >= 11 is 3.47. The van der Waals surface area contributed by atoms with Crippen LogP contribution in [0.3, 0.4) is 0 Å². The molecule has 0 N–H and O–H groups in total. The zero-order valence-corrected chi connectivity index (χ0v) is 7.67. The molecule has 0 spiro atoms. The molecule has 0 saturated heterocycles. The van der Waals surface area contributed by atoms with Crippen LogP contribution in [0.1, 0.15) is 11.5 Å². The molecule has 1 aromatic rings. The lowest BCUT2D eigenvalue weighted by Gasteiger charge is -2.00. The first-order valence-electron chi connectivity index (χ1n) is 3.69. The molecule has 1 heterocycles. The molecule has 0 amide bonds. The normalized spacial score (nSPS) is 21.0. The van der Waals surface area contributed by atoms with Crippen molar-refractivity contribution in [2.24, 2.45) is 0 Å². The van der Waals surface area contributed by atoms with Crippen LogP contribution in [0.2, 0.25) is 0 Å². The van der Waals surface area contributed by atoms with E-state index in [1.807, 2.05) is 12.1 Å². The highest BCUT2D eigenvalue weighted by atomic mass is 79.9. The maximum Gasteiger partial charge on any atom is 0.122 e. The molecule has 0 saturated carbocycles. The van der Waals surface area contributed by atoms with Gasteiger partial charge in [0.05, 0.1) is 6.61 Å². The van der Waals surface area contributed by atoms with Crippen molar-refractivity contribution in [3.8, 4) is 5.75 Å². The summed E-state index contributed by atoms with van der Waals surface area (Å²) in [5, 5.41) is 0.990. The van der Waals surface area contributed by atoms with Gasteiger partial charge in [-0.05, 0) is 6.07 Å². The quantitative estimate of drug-likeness (QED) is 0.651. The second-order valence-corrected chi connectivity index (χ2v) is 3.35. The van der Waals surface area contributed by atoms with E-state index in [9.17, 15) is 0 Å². The SMILES string of the molecule is BrCC1COc2ccccc21. The predicted molar refractivity (Wildman–Crippen MR) is 48.5 cm³/mol. The average molecular weight is 213 g/mol. The number of alkyl halides is 1. The topological polar surface area (TPSA) is 9.23 Å². The molecule has 58 valence electrons. The van der Waals surface area contributed by atoms with E-state index >= 15 is 0 Å². The first-order chi connectivity index (χ1) is 5.42. The Morgan fingerprint density at radius 3 is 3.09 bits per heavy atom. The van der Waals surface area contributed by atoms with Gasteiger partial charge in [-0.1, -0.05) is 34.1 Å². The van der Waals surface area contributed by atoms with Crippen LogP contribution < -0.4 is 4.74 Å². The van der Waals surface area contributed by atoms with Crippen LogP contribution in [0, 0.1) is 0 Å². The van der Waals surface area contributed by atoms with Gasteiger partial charge in [0, 0.05) is 16.8 Å². The van der Waals surface area contributed by atoms with Crippen LogP contribution in [0.15, 0.2) is 24.3 Å². The van der Waals surface area contributed by atoms with E-state index < -0.39 is 0 Å². The Kier molecular flexibility index (Phi) is 1.86. The summed E-state index contributed by atoms with van der Waals surface area (Å²) in [6, 6.07) is 8.23. The third kappa shape index (κ3) is 1.16.